The molecule has 2 amide bonds. The van der Waals surface area contributed by atoms with E-state index < -0.39 is 11.6 Å². The van der Waals surface area contributed by atoms with Gasteiger partial charge in [0.15, 0.2) is 0 Å². The SMILES string of the molecule is COC(=O)C=Cc1cccc(N(CC2CCN(C(=O)OC(C)(C)C)CC2)C(=O)C2CCCCC2)c1. The predicted octanol–water partition coefficient (Wildman–Crippen LogP) is 5.43. The number of esters is 1. The van der Waals surface area contributed by atoms with Crippen LogP contribution in [0.5, 0.6) is 0 Å². The molecule has 0 N–H and O–H groups in total. The van der Waals surface area contributed by atoms with Gasteiger partial charge in [-0.3, -0.25) is 4.79 Å². The first-order chi connectivity index (χ1) is 16.7. The number of hydrogen-bond donors (Lipinski definition) is 0. The van der Waals surface area contributed by atoms with E-state index in [-0.39, 0.29) is 17.9 Å². The molecule has 1 saturated carbocycles. The minimum absolute atomic E-state index is 0.0554. The third kappa shape index (κ3) is 8.11. The van der Waals surface area contributed by atoms with Crippen molar-refractivity contribution >= 4 is 29.7 Å². The number of rotatable bonds is 6. The summed E-state index contributed by atoms with van der Waals surface area (Å²) in [5, 5.41) is 0. The maximum atomic E-state index is 13.7. The van der Waals surface area contributed by atoms with E-state index in [4.69, 9.17) is 9.47 Å². The summed E-state index contributed by atoms with van der Waals surface area (Å²) in [6, 6.07) is 7.74. The number of likely N-dealkylation sites (tertiary alicyclic amines) is 1. The molecule has 1 aliphatic carbocycles. The standard InChI is InChI=1S/C28H40N2O5/c1-28(2,3)35-27(33)29-17-15-22(16-18-29)20-30(26(32)23-10-6-5-7-11-23)24-12-8-9-21(19-24)13-14-25(31)34-4/h8-9,12-14,19,22-23H,5-7,10-11,15-18,20H2,1-4H3. The highest BCUT2D eigenvalue weighted by molar-refractivity contribution is 5.95. The molecular weight excluding hydrogens is 444 g/mol. The Hall–Kier alpha value is -2.83. The van der Waals surface area contributed by atoms with Crippen molar-refractivity contribution < 1.29 is 23.9 Å². The van der Waals surface area contributed by atoms with Gasteiger partial charge in [-0.1, -0.05) is 31.4 Å². The van der Waals surface area contributed by atoms with Crippen molar-refractivity contribution in [2.24, 2.45) is 11.8 Å². The molecule has 0 atom stereocenters. The Morgan fingerprint density at radius 3 is 2.37 bits per heavy atom. The molecule has 7 heteroatoms. The van der Waals surface area contributed by atoms with Crippen LogP contribution in [0.15, 0.2) is 30.3 Å². The summed E-state index contributed by atoms with van der Waals surface area (Å²) in [5.41, 5.74) is 1.18. The Morgan fingerprint density at radius 2 is 1.74 bits per heavy atom. The smallest absolute Gasteiger partial charge is 0.410 e. The quantitative estimate of drug-likeness (QED) is 0.397. The topological polar surface area (TPSA) is 76.2 Å². The second kappa shape index (κ2) is 12.2. The van der Waals surface area contributed by atoms with Crippen molar-refractivity contribution in [3.05, 3.63) is 35.9 Å². The van der Waals surface area contributed by atoms with Crippen LogP contribution in [-0.4, -0.2) is 55.2 Å². The third-order valence-electron chi connectivity index (χ3n) is 6.72. The van der Waals surface area contributed by atoms with E-state index in [0.29, 0.717) is 25.6 Å². The van der Waals surface area contributed by atoms with E-state index in [0.717, 1.165) is 49.8 Å². The molecule has 7 nitrogen and oxygen atoms in total. The average Bonchev–Trinajstić information content (AvgIpc) is 2.85. The van der Waals surface area contributed by atoms with Crippen molar-refractivity contribution in [1.29, 1.82) is 0 Å². The maximum Gasteiger partial charge on any atom is 0.410 e. The number of methoxy groups -OCH3 is 1. The Morgan fingerprint density at radius 1 is 1.06 bits per heavy atom. The maximum absolute atomic E-state index is 13.7. The summed E-state index contributed by atoms with van der Waals surface area (Å²) in [7, 11) is 1.35. The van der Waals surface area contributed by atoms with Crippen LogP contribution in [0, 0.1) is 11.8 Å². The van der Waals surface area contributed by atoms with Crippen LogP contribution in [0.4, 0.5) is 10.5 Å². The largest absolute Gasteiger partial charge is 0.466 e. The number of piperidine rings is 1. The lowest BCUT2D eigenvalue weighted by molar-refractivity contribution is -0.134. The zero-order valence-corrected chi connectivity index (χ0v) is 21.6. The van der Waals surface area contributed by atoms with Crippen molar-refractivity contribution in [1.82, 2.24) is 4.90 Å². The molecule has 1 aromatic rings. The Balaban J connectivity index is 1.73. The van der Waals surface area contributed by atoms with Crippen LogP contribution >= 0.6 is 0 Å². The van der Waals surface area contributed by atoms with Crippen molar-refractivity contribution in [3.63, 3.8) is 0 Å². The lowest BCUT2D eigenvalue weighted by Gasteiger charge is -2.37. The first kappa shape index (κ1) is 26.8. The normalized spacial score (nSPS) is 17.9. The monoisotopic (exact) mass is 484 g/mol. The molecule has 35 heavy (non-hydrogen) atoms. The number of benzene rings is 1. The number of carbonyl (C=O) groups is 3. The highest BCUT2D eigenvalue weighted by Crippen LogP contribution is 2.30. The third-order valence-corrected chi connectivity index (χ3v) is 6.72. The molecular formula is C28H40N2O5. The van der Waals surface area contributed by atoms with Crippen molar-refractivity contribution in [3.8, 4) is 0 Å². The van der Waals surface area contributed by atoms with Gasteiger partial charge in [0.25, 0.3) is 0 Å². The lowest BCUT2D eigenvalue weighted by Crippen LogP contribution is -2.45. The molecule has 2 fully saturated rings. The molecule has 3 rings (SSSR count). The Kier molecular flexibility index (Phi) is 9.35. The molecule has 0 bridgehead atoms. The van der Waals surface area contributed by atoms with E-state index in [1.165, 1.54) is 19.6 Å². The molecule has 1 saturated heterocycles. The van der Waals surface area contributed by atoms with Gasteiger partial charge in [-0.05, 0) is 76.1 Å². The number of hydrogen-bond acceptors (Lipinski definition) is 5. The minimum Gasteiger partial charge on any atom is -0.466 e. The zero-order valence-electron chi connectivity index (χ0n) is 21.6. The fraction of sp³-hybridized carbons (Fsp3) is 0.607. The predicted molar refractivity (Wildman–Crippen MR) is 137 cm³/mol. The minimum atomic E-state index is -0.509. The van der Waals surface area contributed by atoms with Crippen LogP contribution in [0.25, 0.3) is 6.08 Å². The summed E-state index contributed by atoms with van der Waals surface area (Å²) in [6.45, 7) is 7.52. The first-order valence-corrected chi connectivity index (χ1v) is 12.8. The number of ether oxygens (including phenoxy) is 2. The van der Waals surface area contributed by atoms with Gasteiger partial charge in [-0.15, -0.1) is 0 Å². The lowest BCUT2D eigenvalue weighted by atomic mass is 9.87. The van der Waals surface area contributed by atoms with Gasteiger partial charge < -0.3 is 19.3 Å². The summed E-state index contributed by atoms with van der Waals surface area (Å²) < 4.78 is 10.2. The van der Waals surface area contributed by atoms with Crippen LogP contribution < -0.4 is 4.90 Å². The number of nitrogens with zero attached hydrogens (tertiary/aromatic N) is 2. The molecule has 192 valence electrons. The van der Waals surface area contributed by atoms with Crippen LogP contribution in [-0.2, 0) is 19.1 Å². The summed E-state index contributed by atoms with van der Waals surface area (Å²) in [4.78, 5) is 41.4. The Labute approximate surface area is 209 Å². The molecule has 0 radical (unpaired) electrons. The van der Waals surface area contributed by atoms with Crippen LogP contribution in [0.2, 0.25) is 0 Å². The molecule has 0 aromatic heterocycles. The molecule has 2 aliphatic rings. The van der Waals surface area contributed by atoms with Gasteiger partial charge in [0.2, 0.25) is 5.91 Å². The van der Waals surface area contributed by atoms with E-state index in [1.807, 2.05) is 49.9 Å². The summed E-state index contributed by atoms with van der Waals surface area (Å²) in [6.07, 6.45) is 9.75. The highest BCUT2D eigenvalue weighted by Gasteiger charge is 2.32. The first-order valence-electron chi connectivity index (χ1n) is 12.8. The summed E-state index contributed by atoms with van der Waals surface area (Å²) in [5.74, 6) is 0.131. The fourth-order valence-corrected chi connectivity index (χ4v) is 4.80. The highest BCUT2D eigenvalue weighted by atomic mass is 16.6. The number of carbonyl (C=O) groups excluding carboxylic acids is 3. The van der Waals surface area contributed by atoms with Crippen LogP contribution in [0.1, 0.15) is 71.3 Å². The Bertz CT molecular complexity index is 906. The van der Waals surface area contributed by atoms with Gasteiger partial charge in [0.05, 0.1) is 7.11 Å². The van der Waals surface area contributed by atoms with E-state index >= 15 is 0 Å². The van der Waals surface area contributed by atoms with Gasteiger partial charge in [-0.2, -0.15) is 0 Å². The second-order valence-corrected chi connectivity index (χ2v) is 10.6. The fourth-order valence-electron chi connectivity index (χ4n) is 4.80. The molecule has 1 aliphatic heterocycles. The van der Waals surface area contributed by atoms with Crippen molar-refractivity contribution in [2.75, 3.05) is 31.6 Å². The van der Waals surface area contributed by atoms with Gasteiger partial charge in [0, 0.05) is 37.3 Å². The molecule has 0 spiro atoms. The van der Waals surface area contributed by atoms with Crippen molar-refractivity contribution in [2.45, 2.75) is 71.3 Å². The molecule has 0 unspecified atom stereocenters. The number of anilines is 1. The number of amides is 2. The average molecular weight is 485 g/mol. The summed E-state index contributed by atoms with van der Waals surface area (Å²) >= 11 is 0. The molecule has 1 heterocycles. The zero-order chi connectivity index (χ0) is 25.4. The van der Waals surface area contributed by atoms with E-state index in [2.05, 4.69) is 0 Å². The van der Waals surface area contributed by atoms with Gasteiger partial charge in [-0.25, -0.2) is 9.59 Å². The van der Waals surface area contributed by atoms with E-state index in [1.54, 1.807) is 11.0 Å². The van der Waals surface area contributed by atoms with Gasteiger partial charge >= 0.3 is 12.1 Å². The van der Waals surface area contributed by atoms with E-state index in [9.17, 15) is 14.4 Å². The van der Waals surface area contributed by atoms with Crippen LogP contribution in [0.3, 0.4) is 0 Å². The molecule has 1 aromatic carbocycles. The van der Waals surface area contributed by atoms with Gasteiger partial charge in [0.1, 0.15) is 5.60 Å². The second-order valence-electron chi connectivity index (χ2n) is 10.6.